The highest BCUT2D eigenvalue weighted by Crippen LogP contribution is 2.47. The molecule has 1 unspecified atom stereocenters. The molecular formula is C19H24F3N7O3. The summed E-state index contributed by atoms with van der Waals surface area (Å²) in [6, 6.07) is 1.45. The Bertz CT molecular complexity index is 987. The van der Waals surface area contributed by atoms with E-state index in [-0.39, 0.29) is 19.5 Å². The Morgan fingerprint density at radius 3 is 2.78 bits per heavy atom. The number of aryl methyl sites for hydroxylation is 1. The molecule has 174 valence electrons. The van der Waals surface area contributed by atoms with Gasteiger partial charge in [0.1, 0.15) is 17.2 Å². The van der Waals surface area contributed by atoms with Crippen LogP contribution in [0.15, 0.2) is 18.3 Å². The minimum atomic E-state index is -4.52. The molecule has 13 heteroatoms. The van der Waals surface area contributed by atoms with Gasteiger partial charge in [0.25, 0.3) is 0 Å². The van der Waals surface area contributed by atoms with E-state index in [2.05, 4.69) is 25.5 Å². The molecule has 3 N–H and O–H groups in total. The summed E-state index contributed by atoms with van der Waals surface area (Å²) in [6.07, 6.45) is -4.40. The SMILES string of the molecule is CO[C@@]12C[C@@H](C(C)C(F)(F)F)N(C(=O)O)[C@@H]1CN(c1nc(C)cc(Nc3ccn[nH]3)n1)C2. The molecule has 1 amide bonds. The quantitative estimate of drug-likeness (QED) is 0.630. The first-order valence-electron chi connectivity index (χ1n) is 10.0. The number of hydrogen-bond donors (Lipinski definition) is 3. The molecule has 0 aliphatic carbocycles. The Kier molecular flexibility index (Phi) is 5.39. The van der Waals surface area contributed by atoms with Crippen LogP contribution in [0.4, 0.5) is 35.5 Å². The number of likely N-dealkylation sites (tertiary alicyclic amines) is 1. The lowest BCUT2D eigenvalue weighted by Gasteiger charge is -2.32. The van der Waals surface area contributed by atoms with Gasteiger partial charge in [-0.2, -0.15) is 23.3 Å². The van der Waals surface area contributed by atoms with Crippen LogP contribution in [-0.2, 0) is 4.74 Å². The number of aromatic nitrogens is 4. The lowest BCUT2D eigenvalue weighted by Crippen LogP contribution is -2.50. The number of carbonyl (C=O) groups is 1. The van der Waals surface area contributed by atoms with E-state index in [0.717, 1.165) is 11.8 Å². The monoisotopic (exact) mass is 455 g/mol. The largest absolute Gasteiger partial charge is 0.465 e. The molecule has 10 nitrogen and oxygen atoms in total. The average Bonchev–Trinajstić information content (AvgIpc) is 3.39. The van der Waals surface area contributed by atoms with Crippen LogP contribution in [0.2, 0.25) is 0 Å². The van der Waals surface area contributed by atoms with Crippen LogP contribution >= 0.6 is 0 Å². The number of ether oxygens (including phenoxy) is 1. The van der Waals surface area contributed by atoms with E-state index in [9.17, 15) is 23.1 Å². The second kappa shape index (κ2) is 7.80. The standard InChI is InChI=1S/C19H24F3N7O3/c1-10-6-15(25-14-4-5-23-27-14)26-16(24-10)28-8-13-18(9-28,32-3)7-12(29(13)17(30)31)11(2)19(20,21)22/h4-6,11-13H,7-9H2,1-3H3,(H,30,31)(H2,23,24,25,26,27)/t11?,12-,13+,18+/m0/s1. The van der Waals surface area contributed by atoms with Crippen LogP contribution in [0, 0.1) is 12.8 Å². The van der Waals surface area contributed by atoms with Crippen molar-refractivity contribution in [2.24, 2.45) is 5.92 Å². The Morgan fingerprint density at radius 2 is 2.19 bits per heavy atom. The van der Waals surface area contributed by atoms with Gasteiger partial charge in [0.15, 0.2) is 0 Å². The van der Waals surface area contributed by atoms with E-state index in [1.807, 2.05) is 0 Å². The number of carboxylic acid groups (broad SMARTS) is 1. The van der Waals surface area contributed by atoms with Gasteiger partial charge in [-0.1, -0.05) is 6.92 Å². The first kappa shape index (κ1) is 22.1. The molecule has 2 saturated heterocycles. The van der Waals surface area contributed by atoms with Crippen LogP contribution in [0.5, 0.6) is 0 Å². The molecule has 2 aromatic heterocycles. The zero-order valence-electron chi connectivity index (χ0n) is 17.7. The van der Waals surface area contributed by atoms with Crippen molar-refractivity contribution >= 4 is 23.7 Å². The highest BCUT2D eigenvalue weighted by Gasteiger charge is 2.63. The van der Waals surface area contributed by atoms with E-state index in [1.54, 1.807) is 30.2 Å². The summed E-state index contributed by atoms with van der Waals surface area (Å²) in [6.45, 7) is 3.09. The molecule has 0 bridgehead atoms. The molecule has 2 aliphatic rings. The summed E-state index contributed by atoms with van der Waals surface area (Å²) >= 11 is 0. The van der Waals surface area contributed by atoms with E-state index < -0.39 is 35.9 Å². The lowest BCUT2D eigenvalue weighted by molar-refractivity contribution is -0.183. The normalized spacial score (nSPS) is 26.3. The van der Waals surface area contributed by atoms with Gasteiger partial charge in [0.05, 0.1) is 24.7 Å². The third-order valence-corrected chi connectivity index (χ3v) is 6.32. The molecule has 0 radical (unpaired) electrons. The van der Waals surface area contributed by atoms with Crippen molar-refractivity contribution < 1.29 is 27.8 Å². The van der Waals surface area contributed by atoms with Gasteiger partial charge in [0, 0.05) is 43.9 Å². The van der Waals surface area contributed by atoms with Gasteiger partial charge < -0.3 is 20.1 Å². The van der Waals surface area contributed by atoms with Crippen LogP contribution in [0.1, 0.15) is 19.0 Å². The van der Waals surface area contributed by atoms with Crippen LogP contribution in [0.25, 0.3) is 0 Å². The number of nitrogens with zero attached hydrogens (tertiary/aromatic N) is 5. The number of nitrogens with one attached hydrogen (secondary N) is 2. The zero-order valence-corrected chi connectivity index (χ0v) is 17.7. The van der Waals surface area contributed by atoms with Gasteiger partial charge in [-0.05, 0) is 6.92 Å². The molecule has 0 aromatic carbocycles. The summed E-state index contributed by atoms with van der Waals surface area (Å²) in [4.78, 5) is 23.6. The summed E-state index contributed by atoms with van der Waals surface area (Å²) in [5.41, 5.74) is -0.425. The smallest absolute Gasteiger partial charge is 0.407 e. The lowest BCUT2D eigenvalue weighted by atomic mass is 9.91. The second-order valence-corrected chi connectivity index (χ2v) is 8.25. The number of amides is 1. The predicted molar refractivity (Wildman–Crippen MR) is 108 cm³/mol. The molecule has 2 aromatic rings. The van der Waals surface area contributed by atoms with Crippen LogP contribution in [-0.4, -0.2) is 80.3 Å². The highest BCUT2D eigenvalue weighted by atomic mass is 19.4. The van der Waals surface area contributed by atoms with Gasteiger partial charge in [-0.25, -0.2) is 9.78 Å². The summed E-state index contributed by atoms with van der Waals surface area (Å²) < 4.78 is 46.0. The average molecular weight is 455 g/mol. The fraction of sp³-hybridized carbons (Fsp3) is 0.579. The summed E-state index contributed by atoms with van der Waals surface area (Å²) in [7, 11) is 1.40. The Balaban J connectivity index is 1.62. The molecule has 0 spiro atoms. The van der Waals surface area contributed by atoms with E-state index in [0.29, 0.717) is 23.3 Å². The predicted octanol–water partition coefficient (Wildman–Crippen LogP) is 2.78. The molecule has 2 fully saturated rings. The Hall–Kier alpha value is -3.09. The van der Waals surface area contributed by atoms with Crippen molar-refractivity contribution in [2.75, 3.05) is 30.4 Å². The number of rotatable bonds is 5. The molecule has 0 saturated carbocycles. The van der Waals surface area contributed by atoms with E-state index in [1.165, 1.54) is 7.11 Å². The number of halogens is 3. The van der Waals surface area contributed by atoms with Crippen LogP contribution < -0.4 is 10.2 Å². The van der Waals surface area contributed by atoms with Crippen molar-refractivity contribution in [1.82, 2.24) is 25.1 Å². The number of anilines is 3. The molecule has 2 aliphatic heterocycles. The third kappa shape index (κ3) is 3.80. The van der Waals surface area contributed by atoms with Crippen LogP contribution in [0.3, 0.4) is 0 Å². The van der Waals surface area contributed by atoms with Crippen molar-refractivity contribution in [3.05, 3.63) is 24.0 Å². The molecule has 32 heavy (non-hydrogen) atoms. The van der Waals surface area contributed by atoms with Gasteiger partial charge in [-0.15, -0.1) is 0 Å². The maximum Gasteiger partial charge on any atom is 0.407 e. The minimum absolute atomic E-state index is 0.0668. The number of H-pyrrole nitrogens is 1. The number of alkyl halides is 3. The zero-order chi connectivity index (χ0) is 23.3. The molecule has 4 heterocycles. The van der Waals surface area contributed by atoms with E-state index in [4.69, 9.17) is 4.74 Å². The maximum absolute atomic E-state index is 13.4. The number of methoxy groups -OCH3 is 1. The topological polar surface area (TPSA) is 120 Å². The molecule has 4 atom stereocenters. The maximum atomic E-state index is 13.4. The summed E-state index contributed by atoms with van der Waals surface area (Å²) in [5.74, 6) is -0.352. The Morgan fingerprint density at radius 1 is 1.44 bits per heavy atom. The van der Waals surface area contributed by atoms with Crippen molar-refractivity contribution in [3.63, 3.8) is 0 Å². The third-order valence-electron chi connectivity index (χ3n) is 6.32. The fourth-order valence-electron chi connectivity index (χ4n) is 4.66. The van der Waals surface area contributed by atoms with Gasteiger partial charge >= 0.3 is 12.3 Å². The first-order chi connectivity index (χ1) is 15.0. The van der Waals surface area contributed by atoms with Crippen molar-refractivity contribution in [2.45, 2.75) is 44.1 Å². The van der Waals surface area contributed by atoms with Gasteiger partial charge in [0.2, 0.25) is 5.95 Å². The molecular weight excluding hydrogens is 431 g/mol. The number of fused-ring (bicyclic) bond motifs is 1. The fourth-order valence-corrected chi connectivity index (χ4v) is 4.66. The molecule has 4 rings (SSSR count). The number of hydrogen-bond acceptors (Lipinski definition) is 7. The minimum Gasteiger partial charge on any atom is -0.465 e. The van der Waals surface area contributed by atoms with Crippen molar-refractivity contribution in [3.8, 4) is 0 Å². The number of aromatic amines is 1. The first-order valence-corrected chi connectivity index (χ1v) is 10.0. The van der Waals surface area contributed by atoms with E-state index >= 15 is 0 Å². The highest BCUT2D eigenvalue weighted by molar-refractivity contribution is 5.68. The van der Waals surface area contributed by atoms with Gasteiger partial charge in [-0.3, -0.25) is 10.00 Å². The van der Waals surface area contributed by atoms with Crippen molar-refractivity contribution in [1.29, 1.82) is 0 Å². The Labute approximate surface area is 181 Å². The summed E-state index contributed by atoms with van der Waals surface area (Å²) in [5, 5.41) is 19.5. The second-order valence-electron chi connectivity index (χ2n) is 8.25.